The summed E-state index contributed by atoms with van der Waals surface area (Å²) in [6, 6.07) is 8.75. The van der Waals surface area contributed by atoms with E-state index in [1.54, 1.807) is 0 Å². The van der Waals surface area contributed by atoms with Crippen LogP contribution in [0.1, 0.15) is 25.3 Å². The van der Waals surface area contributed by atoms with Crippen LogP contribution in [0, 0.1) is 5.92 Å². The number of nitrogens with one attached hydrogen (secondary N) is 1. The number of para-hydroxylation sites is 1. The molecule has 0 saturated carbocycles. The van der Waals surface area contributed by atoms with Gasteiger partial charge in [0.15, 0.2) is 0 Å². The lowest BCUT2D eigenvalue weighted by atomic mass is 10.0. The minimum absolute atomic E-state index is 0.756. The first-order valence-corrected chi connectivity index (χ1v) is 7.73. The average Bonchev–Trinajstić information content (AvgIpc) is 2.85. The fraction of sp³-hybridized carbons (Fsp3) is 0.529. The molecule has 2 heterocycles. The minimum Gasteiger partial charge on any atom is -0.381 e. The number of rotatable bonds is 5. The molecule has 1 aromatic carbocycles. The second-order valence-corrected chi connectivity index (χ2v) is 5.66. The summed E-state index contributed by atoms with van der Waals surface area (Å²) in [5.41, 5.74) is 2.78. The van der Waals surface area contributed by atoms with E-state index in [0.29, 0.717) is 0 Å². The van der Waals surface area contributed by atoms with Gasteiger partial charge in [-0.15, -0.1) is 0 Å². The van der Waals surface area contributed by atoms with Gasteiger partial charge >= 0.3 is 0 Å². The van der Waals surface area contributed by atoms with E-state index >= 15 is 0 Å². The highest BCUT2D eigenvalue weighted by atomic mass is 16.5. The van der Waals surface area contributed by atoms with Crippen molar-refractivity contribution in [3.05, 3.63) is 36.0 Å². The molecule has 1 N–H and O–H groups in total. The Morgan fingerprint density at radius 2 is 2.05 bits per heavy atom. The molecule has 1 fully saturated rings. The second-order valence-electron chi connectivity index (χ2n) is 5.66. The molecule has 1 saturated heterocycles. The Morgan fingerprint density at radius 3 is 2.85 bits per heavy atom. The Kier molecular flexibility index (Phi) is 4.38. The number of fused-ring (bicyclic) bond motifs is 1. The second kappa shape index (κ2) is 6.42. The topological polar surface area (TPSA) is 26.2 Å². The molecule has 0 spiro atoms. The summed E-state index contributed by atoms with van der Waals surface area (Å²) in [7, 11) is 0. The highest BCUT2D eigenvalue weighted by Crippen LogP contribution is 2.25. The van der Waals surface area contributed by atoms with Gasteiger partial charge in [0.25, 0.3) is 0 Å². The van der Waals surface area contributed by atoms with E-state index in [-0.39, 0.29) is 0 Å². The fourth-order valence-corrected chi connectivity index (χ4v) is 3.08. The highest BCUT2D eigenvalue weighted by Gasteiger charge is 2.16. The maximum Gasteiger partial charge on any atom is 0.0483 e. The third-order valence-corrected chi connectivity index (χ3v) is 4.23. The fourth-order valence-electron chi connectivity index (χ4n) is 3.08. The molecule has 1 aliphatic heterocycles. The zero-order chi connectivity index (χ0) is 13.8. The van der Waals surface area contributed by atoms with E-state index < -0.39 is 0 Å². The number of benzene rings is 1. The standard InChI is InChI=1S/C17H24N2O/c1-2-18-11-15-13-19(12-14-7-9-20-10-8-14)17-6-4-3-5-16(15)17/h3-6,13-14,18H,2,7-12H2,1H3. The molecule has 20 heavy (non-hydrogen) atoms. The molecule has 0 unspecified atom stereocenters. The Morgan fingerprint density at radius 1 is 1.25 bits per heavy atom. The molecular formula is C17H24N2O. The van der Waals surface area contributed by atoms with Gasteiger partial charge in [-0.05, 0) is 36.9 Å². The molecular weight excluding hydrogens is 248 g/mol. The summed E-state index contributed by atoms with van der Waals surface area (Å²) in [4.78, 5) is 0. The van der Waals surface area contributed by atoms with Crippen LogP contribution in [0.5, 0.6) is 0 Å². The molecule has 108 valence electrons. The number of ether oxygens (including phenoxy) is 1. The van der Waals surface area contributed by atoms with Gasteiger partial charge < -0.3 is 14.6 Å². The van der Waals surface area contributed by atoms with Gasteiger partial charge in [-0.3, -0.25) is 0 Å². The van der Waals surface area contributed by atoms with Crippen molar-refractivity contribution in [2.45, 2.75) is 32.9 Å². The van der Waals surface area contributed by atoms with Gasteiger partial charge in [-0.1, -0.05) is 25.1 Å². The largest absolute Gasteiger partial charge is 0.381 e. The van der Waals surface area contributed by atoms with Crippen LogP contribution in [0.2, 0.25) is 0 Å². The molecule has 0 aliphatic carbocycles. The lowest BCUT2D eigenvalue weighted by Gasteiger charge is -2.22. The minimum atomic E-state index is 0.756. The summed E-state index contributed by atoms with van der Waals surface area (Å²) in [6.07, 6.45) is 4.72. The summed E-state index contributed by atoms with van der Waals surface area (Å²) in [6.45, 7) is 7.09. The Balaban J connectivity index is 1.85. The van der Waals surface area contributed by atoms with E-state index in [9.17, 15) is 0 Å². The summed E-state index contributed by atoms with van der Waals surface area (Å²) >= 11 is 0. The lowest BCUT2D eigenvalue weighted by Crippen LogP contribution is -2.20. The first-order valence-electron chi connectivity index (χ1n) is 7.73. The molecule has 1 aliphatic rings. The van der Waals surface area contributed by atoms with E-state index in [4.69, 9.17) is 4.74 Å². The molecule has 0 amide bonds. The summed E-state index contributed by atoms with van der Waals surface area (Å²) in [5.74, 6) is 0.756. The Labute approximate surface area is 120 Å². The maximum atomic E-state index is 5.46. The van der Waals surface area contributed by atoms with Gasteiger partial charge in [0.1, 0.15) is 0 Å². The molecule has 3 rings (SSSR count). The molecule has 0 bridgehead atoms. The summed E-state index contributed by atoms with van der Waals surface area (Å²) < 4.78 is 7.91. The van der Waals surface area contributed by atoms with Crippen LogP contribution in [0.15, 0.2) is 30.5 Å². The highest BCUT2D eigenvalue weighted by molar-refractivity contribution is 5.83. The van der Waals surface area contributed by atoms with E-state index in [1.165, 1.54) is 29.3 Å². The SMILES string of the molecule is CCNCc1cn(CC2CCOCC2)c2ccccc12. The molecule has 1 aromatic heterocycles. The van der Waals surface area contributed by atoms with Crippen LogP contribution in [-0.4, -0.2) is 24.3 Å². The van der Waals surface area contributed by atoms with Crippen molar-refractivity contribution in [2.24, 2.45) is 5.92 Å². The number of hydrogen-bond acceptors (Lipinski definition) is 2. The molecule has 3 heteroatoms. The molecule has 2 aromatic rings. The molecule has 3 nitrogen and oxygen atoms in total. The monoisotopic (exact) mass is 272 g/mol. The van der Waals surface area contributed by atoms with Gasteiger partial charge in [-0.2, -0.15) is 0 Å². The normalized spacial score (nSPS) is 16.9. The van der Waals surface area contributed by atoms with Crippen molar-refractivity contribution < 1.29 is 4.74 Å². The van der Waals surface area contributed by atoms with Crippen LogP contribution >= 0.6 is 0 Å². The van der Waals surface area contributed by atoms with E-state index in [0.717, 1.165) is 38.8 Å². The quantitative estimate of drug-likeness (QED) is 0.904. The summed E-state index contributed by atoms with van der Waals surface area (Å²) in [5, 5.41) is 4.83. The van der Waals surface area contributed by atoms with Gasteiger partial charge in [0.05, 0.1) is 0 Å². The van der Waals surface area contributed by atoms with Crippen molar-refractivity contribution in [1.29, 1.82) is 0 Å². The van der Waals surface area contributed by atoms with Crippen LogP contribution in [0.3, 0.4) is 0 Å². The lowest BCUT2D eigenvalue weighted by molar-refractivity contribution is 0.0616. The Hall–Kier alpha value is -1.32. The van der Waals surface area contributed by atoms with Crippen molar-refractivity contribution in [3.8, 4) is 0 Å². The van der Waals surface area contributed by atoms with Crippen molar-refractivity contribution in [3.63, 3.8) is 0 Å². The van der Waals surface area contributed by atoms with Crippen molar-refractivity contribution in [2.75, 3.05) is 19.8 Å². The number of aromatic nitrogens is 1. The number of hydrogen-bond donors (Lipinski definition) is 1. The van der Waals surface area contributed by atoms with Crippen molar-refractivity contribution in [1.82, 2.24) is 9.88 Å². The molecule has 0 radical (unpaired) electrons. The maximum absolute atomic E-state index is 5.46. The van der Waals surface area contributed by atoms with Crippen LogP contribution < -0.4 is 5.32 Å². The molecule has 0 atom stereocenters. The first kappa shape index (κ1) is 13.7. The van der Waals surface area contributed by atoms with E-state index in [2.05, 4.69) is 47.3 Å². The number of nitrogens with zero attached hydrogens (tertiary/aromatic N) is 1. The first-order chi connectivity index (χ1) is 9.88. The predicted octanol–water partition coefficient (Wildman–Crippen LogP) is 3.18. The Bertz CT molecular complexity index is 555. The third kappa shape index (κ3) is 2.89. The predicted molar refractivity (Wildman–Crippen MR) is 82.9 cm³/mol. The zero-order valence-electron chi connectivity index (χ0n) is 12.3. The van der Waals surface area contributed by atoms with E-state index in [1.807, 2.05) is 0 Å². The van der Waals surface area contributed by atoms with Gasteiger partial charge in [0, 0.05) is 43.4 Å². The zero-order valence-corrected chi connectivity index (χ0v) is 12.3. The van der Waals surface area contributed by atoms with Gasteiger partial charge in [0.2, 0.25) is 0 Å². The van der Waals surface area contributed by atoms with Crippen molar-refractivity contribution >= 4 is 10.9 Å². The van der Waals surface area contributed by atoms with Crippen LogP contribution in [-0.2, 0) is 17.8 Å². The van der Waals surface area contributed by atoms with Crippen LogP contribution in [0.4, 0.5) is 0 Å². The third-order valence-electron chi connectivity index (χ3n) is 4.23. The average molecular weight is 272 g/mol. The smallest absolute Gasteiger partial charge is 0.0483 e. The van der Waals surface area contributed by atoms with Gasteiger partial charge in [-0.25, -0.2) is 0 Å². The van der Waals surface area contributed by atoms with Crippen LogP contribution in [0.25, 0.3) is 10.9 Å².